The van der Waals surface area contributed by atoms with Crippen LogP contribution in [0.25, 0.3) is 11.2 Å². The Kier molecular flexibility index (Phi) is 4.51. The first kappa shape index (κ1) is 16.7. The maximum atomic E-state index is 12.2. The molecule has 0 aliphatic carbocycles. The van der Waals surface area contributed by atoms with Gasteiger partial charge in [-0.15, -0.1) is 0 Å². The summed E-state index contributed by atoms with van der Waals surface area (Å²) in [5, 5.41) is 4.37. The number of hydrogen-bond donors (Lipinski definition) is 2. The van der Waals surface area contributed by atoms with Crippen LogP contribution in [0.4, 0.5) is 5.95 Å². The van der Waals surface area contributed by atoms with Crippen LogP contribution in [0.15, 0.2) is 45.0 Å². The highest BCUT2D eigenvalue weighted by atomic mass is 16.2. The van der Waals surface area contributed by atoms with E-state index in [9.17, 15) is 9.59 Å². The number of aromatic nitrogens is 4. The van der Waals surface area contributed by atoms with Crippen molar-refractivity contribution >= 4 is 22.8 Å². The van der Waals surface area contributed by atoms with Gasteiger partial charge in [-0.2, -0.15) is 10.1 Å². The van der Waals surface area contributed by atoms with Crippen LogP contribution in [0.3, 0.4) is 0 Å². The number of anilines is 1. The molecule has 0 radical (unpaired) electrons. The highest BCUT2D eigenvalue weighted by molar-refractivity contribution is 5.99. The van der Waals surface area contributed by atoms with E-state index < -0.39 is 11.2 Å². The smallest absolute Gasteiger partial charge is 0.303 e. The number of fused-ring (bicyclic) bond motifs is 1. The van der Waals surface area contributed by atoms with Gasteiger partial charge in [0.05, 0.1) is 5.71 Å². The first-order chi connectivity index (χ1) is 12.0. The van der Waals surface area contributed by atoms with Crippen molar-refractivity contribution in [2.24, 2.45) is 12.1 Å². The minimum absolute atomic E-state index is 0.331. The van der Waals surface area contributed by atoms with Crippen LogP contribution in [0.1, 0.15) is 25.8 Å². The van der Waals surface area contributed by atoms with Crippen molar-refractivity contribution in [2.45, 2.75) is 26.8 Å². The molecule has 0 aliphatic rings. The summed E-state index contributed by atoms with van der Waals surface area (Å²) in [4.78, 5) is 30.7. The summed E-state index contributed by atoms with van der Waals surface area (Å²) in [6.45, 7) is 4.47. The molecule has 0 amide bonds. The standard InChI is InChI=1S/C17H20N6O2/c1-4-10-23-13-14(22(3)17(25)19-15(13)24)18-16(23)21-20-11(2)12-8-6-5-7-9-12/h5-9H,4,10H2,1-3H3,(H,18,21)(H,19,24,25). The number of hydrogen-bond acceptors (Lipinski definition) is 5. The van der Waals surface area contributed by atoms with Crippen molar-refractivity contribution < 1.29 is 0 Å². The number of nitrogens with zero attached hydrogens (tertiary/aromatic N) is 4. The SMILES string of the molecule is CCCn1c(NN=C(C)c2ccccc2)nc2c1c(=O)[nH]c(=O)n2C. The van der Waals surface area contributed by atoms with Crippen LogP contribution in [0.5, 0.6) is 0 Å². The molecule has 0 aliphatic heterocycles. The number of aromatic amines is 1. The Labute approximate surface area is 143 Å². The van der Waals surface area contributed by atoms with Crippen LogP contribution in [0, 0.1) is 0 Å². The monoisotopic (exact) mass is 340 g/mol. The average molecular weight is 340 g/mol. The van der Waals surface area contributed by atoms with Gasteiger partial charge in [-0.05, 0) is 18.9 Å². The molecule has 0 saturated carbocycles. The number of imidazole rings is 1. The van der Waals surface area contributed by atoms with Crippen molar-refractivity contribution in [1.29, 1.82) is 0 Å². The largest absolute Gasteiger partial charge is 0.329 e. The molecule has 25 heavy (non-hydrogen) atoms. The third-order valence-corrected chi connectivity index (χ3v) is 3.97. The van der Waals surface area contributed by atoms with E-state index in [1.54, 1.807) is 11.6 Å². The Morgan fingerprint density at radius 2 is 2.00 bits per heavy atom. The Bertz CT molecular complexity index is 1040. The van der Waals surface area contributed by atoms with Crippen LogP contribution >= 0.6 is 0 Å². The van der Waals surface area contributed by atoms with Gasteiger partial charge < -0.3 is 4.57 Å². The molecular formula is C17H20N6O2. The normalized spacial score (nSPS) is 11.9. The number of nitrogens with one attached hydrogen (secondary N) is 2. The molecule has 0 saturated heterocycles. The third kappa shape index (κ3) is 3.10. The molecule has 0 spiro atoms. The quantitative estimate of drug-likeness (QED) is 0.545. The Morgan fingerprint density at radius 3 is 2.68 bits per heavy atom. The fourth-order valence-corrected chi connectivity index (χ4v) is 2.64. The molecule has 0 unspecified atom stereocenters. The molecule has 3 aromatic rings. The van der Waals surface area contributed by atoms with E-state index in [1.165, 1.54) is 4.57 Å². The maximum absolute atomic E-state index is 12.2. The van der Waals surface area contributed by atoms with E-state index >= 15 is 0 Å². The summed E-state index contributed by atoms with van der Waals surface area (Å²) in [6, 6.07) is 9.75. The van der Waals surface area contributed by atoms with Gasteiger partial charge in [0.1, 0.15) is 0 Å². The minimum Gasteiger partial charge on any atom is -0.303 e. The lowest BCUT2D eigenvalue weighted by molar-refractivity contribution is 0.698. The summed E-state index contributed by atoms with van der Waals surface area (Å²) >= 11 is 0. The minimum atomic E-state index is -0.492. The van der Waals surface area contributed by atoms with Gasteiger partial charge in [0.15, 0.2) is 11.2 Å². The number of aryl methyl sites for hydroxylation is 2. The van der Waals surface area contributed by atoms with Gasteiger partial charge in [0.25, 0.3) is 5.56 Å². The lowest BCUT2D eigenvalue weighted by Crippen LogP contribution is -2.29. The molecule has 2 N–H and O–H groups in total. The topological polar surface area (TPSA) is 97.1 Å². The van der Waals surface area contributed by atoms with Crippen LogP contribution in [0.2, 0.25) is 0 Å². The molecule has 3 rings (SSSR count). The third-order valence-electron chi connectivity index (χ3n) is 3.97. The summed E-state index contributed by atoms with van der Waals surface area (Å²) in [7, 11) is 1.58. The molecule has 2 heterocycles. The van der Waals surface area contributed by atoms with E-state index in [1.807, 2.05) is 44.2 Å². The van der Waals surface area contributed by atoms with E-state index in [-0.39, 0.29) is 0 Å². The number of hydrazone groups is 1. The van der Waals surface area contributed by atoms with Crippen molar-refractivity contribution in [3.63, 3.8) is 0 Å². The number of rotatable bonds is 5. The van der Waals surface area contributed by atoms with Gasteiger partial charge in [-0.25, -0.2) is 10.2 Å². The fourth-order valence-electron chi connectivity index (χ4n) is 2.64. The second kappa shape index (κ2) is 6.76. The predicted molar refractivity (Wildman–Crippen MR) is 98.2 cm³/mol. The lowest BCUT2D eigenvalue weighted by atomic mass is 10.1. The van der Waals surface area contributed by atoms with E-state index in [0.717, 1.165) is 17.7 Å². The van der Waals surface area contributed by atoms with Crippen molar-refractivity contribution in [3.05, 3.63) is 56.7 Å². The van der Waals surface area contributed by atoms with Crippen LogP contribution in [-0.2, 0) is 13.6 Å². The van der Waals surface area contributed by atoms with E-state index in [0.29, 0.717) is 23.7 Å². The van der Waals surface area contributed by atoms with Gasteiger partial charge in [-0.3, -0.25) is 14.3 Å². The van der Waals surface area contributed by atoms with Gasteiger partial charge in [0, 0.05) is 13.6 Å². The Hall–Kier alpha value is -3.16. The first-order valence-electron chi connectivity index (χ1n) is 8.08. The molecule has 2 aromatic heterocycles. The Morgan fingerprint density at radius 1 is 1.28 bits per heavy atom. The van der Waals surface area contributed by atoms with Crippen LogP contribution in [-0.4, -0.2) is 24.8 Å². The predicted octanol–water partition coefficient (Wildman–Crippen LogP) is 1.67. The Balaban J connectivity index is 2.08. The number of H-pyrrole nitrogens is 1. The summed E-state index contributed by atoms with van der Waals surface area (Å²) in [5.41, 5.74) is 4.46. The zero-order valence-electron chi connectivity index (χ0n) is 14.4. The fraction of sp³-hybridized carbons (Fsp3) is 0.294. The van der Waals surface area contributed by atoms with Gasteiger partial charge >= 0.3 is 5.69 Å². The highest BCUT2D eigenvalue weighted by Crippen LogP contribution is 2.16. The average Bonchev–Trinajstić information content (AvgIpc) is 2.98. The van der Waals surface area contributed by atoms with E-state index in [4.69, 9.17) is 0 Å². The summed E-state index contributed by atoms with van der Waals surface area (Å²) < 4.78 is 3.07. The molecule has 8 nitrogen and oxygen atoms in total. The zero-order chi connectivity index (χ0) is 18.0. The maximum Gasteiger partial charge on any atom is 0.329 e. The van der Waals surface area contributed by atoms with Crippen molar-refractivity contribution in [3.8, 4) is 0 Å². The van der Waals surface area contributed by atoms with Gasteiger partial charge in [-0.1, -0.05) is 37.3 Å². The molecule has 8 heteroatoms. The lowest BCUT2D eigenvalue weighted by Gasteiger charge is -2.07. The van der Waals surface area contributed by atoms with Crippen molar-refractivity contribution in [1.82, 2.24) is 19.1 Å². The molecular weight excluding hydrogens is 320 g/mol. The molecule has 130 valence electrons. The summed E-state index contributed by atoms with van der Waals surface area (Å²) in [6.07, 6.45) is 0.809. The summed E-state index contributed by atoms with van der Waals surface area (Å²) in [5.74, 6) is 0.429. The first-order valence-corrected chi connectivity index (χ1v) is 8.08. The van der Waals surface area contributed by atoms with Crippen molar-refractivity contribution in [2.75, 3.05) is 5.43 Å². The second-order valence-electron chi connectivity index (χ2n) is 5.75. The van der Waals surface area contributed by atoms with E-state index in [2.05, 4.69) is 20.5 Å². The highest BCUT2D eigenvalue weighted by Gasteiger charge is 2.16. The molecule has 1 aromatic carbocycles. The zero-order valence-corrected chi connectivity index (χ0v) is 14.4. The molecule has 0 bridgehead atoms. The van der Waals surface area contributed by atoms with Crippen LogP contribution < -0.4 is 16.7 Å². The molecule has 0 fully saturated rings. The van der Waals surface area contributed by atoms with Gasteiger partial charge in [0.2, 0.25) is 5.95 Å². The second-order valence-corrected chi connectivity index (χ2v) is 5.75. The molecule has 0 atom stereocenters. The number of benzene rings is 1.